The van der Waals surface area contributed by atoms with Gasteiger partial charge in [-0.25, -0.2) is 9.97 Å². The smallest absolute Gasteiger partial charge is 0.258 e. The minimum Gasteiger partial charge on any atom is -0.258 e. The van der Waals surface area contributed by atoms with Crippen molar-refractivity contribution in [3.05, 3.63) is 41.6 Å². The van der Waals surface area contributed by atoms with Crippen LogP contribution in [0.5, 0.6) is 0 Å². The van der Waals surface area contributed by atoms with Crippen LogP contribution in [0.1, 0.15) is 0 Å². The second-order valence-corrected chi connectivity index (χ2v) is 4.80. The van der Waals surface area contributed by atoms with E-state index in [1.54, 1.807) is 12.2 Å². The maximum atomic E-state index is 10.8. The Hall–Kier alpha value is -1.34. The van der Waals surface area contributed by atoms with Crippen molar-refractivity contribution < 1.29 is 4.92 Å². The van der Waals surface area contributed by atoms with E-state index in [0.29, 0.717) is 21.7 Å². The first kappa shape index (κ1) is 13.7. The lowest BCUT2D eigenvalue weighted by atomic mass is 10.6. The summed E-state index contributed by atoms with van der Waals surface area (Å²) >= 11 is 2.66. The van der Waals surface area contributed by atoms with E-state index in [-0.39, 0.29) is 5.69 Å². The highest BCUT2D eigenvalue weighted by Crippen LogP contribution is 2.28. The third kappa shape index (κ3) is 4.20. The van der Waals surface area contributed by atoms with Crippen LogP contribution in [0.15, 0.2) is 41.7 Å². The SMILES string of the molecule is C=CCSc1ncc([N+](=O)[O-])c(SCC=C)n1. The number of hydrogen-bond acceptors (Lipinski definition) is 6. The second-order valence-electron chi connectivity index (χ2n) is 2.80. The number of nitrogens with zero attached hydrogens (tertiary/aromatic N) is 3. The van der Waals surface area contributed by atoms with Crippen LogP contribution in [0.2, 0.25) is 0 Å². The fourth-order valence-corrected chi connectivity index (χ4v) is 2.23. The van der Waals surface area contributed by atoms with Gasteiger partial charge in [0.1, 0.15) is 6.20 Å². The van der Waals surface area contributed by atoms with Gasteiger partial charge in [0.2, 0.25) is 0 Å². The van der Waals surface area contributed by atoms with Gasteiger partial charge in [-0.05, 0) is 0 Å². The molecule has 7 heteroatoms. The highest BCUT2D eigenvalue weighted by molar-refractivity contribution is 8.00. The Morgan fingerprint density at radius 3 is 2.59 bits per heavy atom. The highest BCUT2D eigenvalue weighted by Gasteiger charge is 2.17. The molecule has 0 fully saturated rings. The summed E-state index contributed by atoms with van der Waals surface area (Å²) in [5.74, 6) is 1.24. The summed E-state index contributed by atoms with van der Waals surface area (Å²) in [5, 5.41) is 11.7. The Balaban J connectivity index is 2.95. The van der Waals surface area contributed by atoms with Crippen molar-refractivity contribution >= 4 is 29.2 Å². The molecule has 0 bridgehead atoms. The molecule has 0 saturated carbocycles. The highest BCUT2D eigenvalue weighted by atomic mass is 32.2. The van der Waals surface area contributed by atoms with Crippen LogP contribution in [-0.2, 0) is 0 Å². The van der Waals surface area contributed by atoms with Crippen molar-refractivity contribution in [1.82, 2.24) is 9.97 Å². The molecule has 1 aromatic rings. The van der Waals surface area contributed by atoms with Crippen LogP contribution < -0.4 is 0 Å². The van der Waals surface area contributed by atoms with Crippen LogP contribution in [0.4, 0.5) is 5.69 Å². The Bertz CT molecular complexity index is 438. The van der Waals surface area contributed by atoms with Crippen molar-refractivity contribution in [2.24, 2.45) is 0 Å². The van der Waals surface area contributed by atoms with Crippen molar-refractivity contribution in [1.29, 1.82) is 0 Å². The van der Waals surface area contributed by atoms with E-state index in [0.717, 1.165) is 0 Å². The molecule has 0 aliphatic rings. The molecule has 0 atom stereocenters. The Morgan fingerprint density at radius 1 is 1.35 bits per heavy atom. The number of hydrogen-bond donors (Lipinski definition) is 0. The zero-order valence-electron chi connectivity index (χ0n) is 9.04. The van der Waals surface area contributed by atoms with Gasteiger partial charge in [0.15, 0.2) is 10.2 Å². The van der Waals surface area contributed by atoms with E-state index in [1.165, 1.54) is 29.7 Å². The maximum absolute atomic E-state index is 10.8. The summed E-state index contributed by atoms with van der Waals surface area (Å²) < 4.78 is 0. The predicted octanol–water partition coefficient (Wildman–Crippen LogP) is 2.94. The summed E-state index contributed by atoms with van der Waals surface area (Å²) in [4.78, 5) is 18.4. The molecule has 5 nitrogen and oxygen atoms in total. The van der Waals surface area contributed by atoms with Gasteiger partial charge in [0, 0.05) is 11.5 Å². The predicted molar refractivity (Wildman–Crippen MR) is 70.5 cm³/mol. The summed E-state index contributed by atoms with van der Waals surface area (Å²) in [6, 6.07) is 0. The first-order chi connectivity index (χ1) is 8.19. The van der Waals surface area contributed by atoms with Crippen molar-refractivity contribution in [3.8, 4) is 0 Å². The third-order valence-corrected chi connectivity index (χ3v) is 3.41. The quantitative estimate of drug-likeness (QED) is 0.189. The number of aromatic nitrogens is 2. The van der Waals surface area contributed by atoms with E-state index in [1.807, 2.05) is 0 Å². The Labute approximate surface area is 108 Å². The van der Waals surface area contributed by atoms with Gasteiger partial charge in [-0.15, -0.1) is 13.2 Å². The standard InChI is InChI=1S/C10H11N3O2S2/c1-3-5-16-9-8(13(14)15)7-11-10(12-9)17-6-4-2/h3-4,7H,1-2,5-6H2. The second kappa shape index (κ2) is 7.08. The molecule has 90 valence electrons. The molecular formula is C10H11N3O2S2. The minimum atomic E-state index is -0.479. The summed E-state index contributed by atoms with van der Waals surface area (Å²) in [7, 11) is 0. The van der Waals surface area contributed by atoms with Gasteiger partial charge in [0.25, 0.3) is 0 Å². The molecule has 1 rings (SSSR count). The average Bonchev–Trinajstić information content (AvgIpc) is 2.33. The fraction of sp³-hybridized carbons (Fsp3) is 0.200. The number of rotatable bonds is 7. The Kier molecular flexibility index (Phi) is 5.71. The van der Waals surface area contributed by atoms with Crippen molar-refractivity contribution in [3.63, 3.8) is 0 Å². The van der Waals surface area contributed by atoms with Gasteiger partial charge < -0.3 is 0 Å². The average molecular weight is 269 g/mol. The molecule has 0 radical (unpaired) electrons. The zero-order chi connectivity index (χ0) is 12.7. The largest absolute Gasteiger partial charge is 0.319 e. The van der Waals surface area contributed by atoms with Crippen LogP contribution in [0, 0.1) is 10.1 Å². The lowest BCUT2D eigenvalue weighted by Crippen LogP contribution is -1.97. The summed E-state index contributed by atoms with van der Waals surface area (Å²) in [6.07, 6.45) is 4.64. The van der Waals surface area contributed by atoms with E-state index < -0.39 is 4.92 Å². The summed E-state index contributed by atoms with van der Waals surface area (Å²) in [5.41, 5.74) is -0.0696. The normalized spacial score (nSPS) is 9.88. The molecule has 1 heterocycles. The molecule has 0 aliphatic carbocycles. The monoisotopic (exact) mass is 269 g/mol. The zero-order valence-corrected chi connectivity index (χ0v) is 10.7. The summed E-state index contributed by atoms with van der Waals surface area (Å²) in [6.45, 7) is 7.16. The molecule has 17 heavy (non-hydrogen) atoms. The van der Waals surface area contributed by atoms with Crippen LogP contribution in [0.3, 0.4) is 0 Å². The molecule has 0 aliphatic heterocycles. The topological polar surface area (TPSA) is 68.9 Å². The van der Waals surface area contributed by atoms with Gasteiger partial charge in [-0.2, -0.15) is 0 Å². The van der Waals surface area contributed by atoms with E-state index in [2.05, 4.69) is 23.1 Å². The molecular weight excluding hydrogens is 258 g/mol. The number of nitro groups is 1. The lowest BCUT2D eigenvalue weighted by Gasteiger charge is -2.02. The minimum absolute atomic E-state index is 0.0696. The molecule has 0 saturated heterocycles. The third-order valence-electron chi connectivity index (χ3n) is 1.58. The fourth-order valence-electron chi connectivity index (χ4n) is 0.917. The van der Waals surface area contributed by atoms with Gasteiger partial charge in [-0.1, -0.05) is 35.7 Å². The molecule has 0 N–H and O–H groups in total. The molecule has 0 spiro atoms. The number of thioether (sulfide) groups is 2. The van der Waals surface area contributed by atoms with Gasteiger partial charge >= 0.3 is 5.69 Å². The van der Waals surface area contributed by atoms with E-state index >= 15 is 0 Å². The van der Waals surface area contributed by atoms with Crippen LogP contribution >= 0.6 is 23.5 Å². The molecule has 1 aromatic heterocycles. The molecule has 0 aromatic carbocycles. The van der Waals surface area contributed by atoms with Gasteiger partial charge in [0.05, 0.1) is 4.92 Å². The van der Waals surface area contributed by atoms with E-state index in [4.69, 9.17) is 0 Å². The molecule has 0 amide bonds. The lowest BCUT2D eigenvalue weighted by molar-refractivity contribution is -0.388. The van der Waals surface area contributed by atoms with Crippen molar-refractivity contribution in [2.75, 3.05) is 11.5 Å². The Morgan fingerprint density at radius 2 is 2.00 bits per heavy atom. The van der Waals surface area contributed by atoms with Crippen LogP contribution in [0.25, 0.3) is 0 Å². The first-order valence-corrected chi connectivity index (χ1v) is 6.65. The first-order valence-electron chi connectivity index (χ1n) is 4.68. The van der Waals surface area contributed by atoms with E-state index in [9.17, 15) is 10.1 Å². The van der Waals surface area contributed by atoms with Crippen molar-refractivity contribution in [2.45, 2.75) is 10.2 Å². The maximum Gasteiger partial charge on any atom is 0.319 e. The van der Waals surface area contributed by atoms with Gasteiger partial charge in [-0.3, -0.25) is 10.1 Å². The molecule has 0 unspecified atom stereocenters. The van der Waals surface area contributed by atoms with Crippen LogP contribution in [-0.4, -0.2) is 26.4 Å².